The van der Waals surface area contributed by atoms with Gasteiger partial charge in [0.25, 0.3) is 0 Å². The van der Waals surface area contributed by atoms with Crippen molar-refractivity contribution in [1.29, 1.82) is 0 Å². The molecule has 0 radical (unpaired) electrons. The number of esters is 1. The van der Waals surface area contributed by atoms with E-state index in [4.69, 9.17) is 4.74 Å². The first-order valence-corrected chi connectivity index (χ1v) is 7.16. The van der Waals surface area contributed by atoms with Crippen molar-refractivity contribution >= 4 is 28.0 Å². The first-order chi connectivity index (χ1) is 10.1. The molecule has 0 bridgehead atoms. The zero-order valence-electron chi connectivity index (χ0n) is 11.4. The third-order valence-corrected chi connectivity index (χ3v) is 3.74. The number of thiophene rings is 1. The van der Waals surface area contributed by atoms with Gasteiger partial charge in [0.1, 0.15) is 0 Å². The summed E-state index contributed by atoms with van der Waals surface area (Å²) in [6.07, 6.45) is 0. The molecule has 1 aromatic carbocycles. The predicted molar refractivity (Wildman–Crippen MR) is 80.7 cm³/mol. The fourth-order valence-corrected chi connectivity index (χ4v) is 2.53. The van der Waals surface area contributed by atoms with Crippen LogP contribution in [-0.4, -0.2) is 17.5 Å². The molecule has 0 atom stereocenters. The summed E-state index contributed by atoms with van der Waals surface area (Å²) in [4.78, 5) is 22.9. The van der Waals surface area contributed by atoms with Crippen LogP contribution < -0.4 is 5.32 Å². The lowest BCUT2D eigenvalue weighted by molar-refractivity contribution is -0.380. The van der Waals surface area contributed by atoms with Crippen LogP contribution in [0.3, 0.4) is 0 Å². The van der Waals surface area contributed by atoms with Gasteiger partial charge >= 0.3 is 11.0 Å². The van der Waals surface area contributed by atoms with E-state index >= 15 is 0 Å². The van der Waals surface area contributed by atoms with E-state index in [2.05, 4.69) is 5.32 Å². The maximum Gasteiger partial charge on any atom is 0.340 e. The SMILES string of the molecule is CCOC(=O)c1ccccc1NCc1ccc([N+](=O)[O-])s1. The van der Waals surface area contributed by atoms with Gasteiger partial charge in [-0.25, -0.2) is 4.79 Å². The standard InChI is InChI=1S/C14H14N2O4S/c1-2-20-14(17)11-5-3-4-6-12(11)15-9-10-7-8-13(21-10)16(18)19/h3-8,15H,2,9H2,1H3. The molecule has 0 saturated carbocycles. The van der Waals surface area contributed by atoms with Crippen LogP contribution in [0.4, 0.5) is 10.7 Å². The summed E-state index contributed by atoms with van der Waals surface area (Å²) in [5, 5.41) is 13.8. The van der Waals surface area contributed by atoms with Crippen molar-refractivity contribution in [2.45, 2.75) is 13.5 Å². The highest BCUT2D eigenvalue weighted by Gasteiger charge is 2.13. The number of anilines is 1. The first kappa shape index (κ1) is 15.0. The molecular weight excluding hydrogens is 292 g/mol. The van der Waals surface area contributed by atoms with Crippen molar-refractivity contribution in [3.63, 3.8) is 0 Å². The predicted octanol–water partition coefficient (Wildman–Crippen LogP) is 3.45. The molecule has 2 rings (SSSR count). The Morgan fingerprint density at radius 2 is 2.10 bits per heavy atom. The van der Waals surface area contributed by atoms with E-state index in [9.17, 15) is 14.9 Å². The van der Waals surface area contributed by atoms with Crippen LogP contribution >= 0.6 is 11.3 Å². The maximum absolute atomic E-state index is 11.8. The topological polar surface area (TPSA) is 81.5 Å². The van der Waals surface area contributed by atoms with Gasteiger partial charge in [0.2, 0.25) is 0 Å². The summed E-state index contributed by atoms with van der Waals surface area (Å²) >= 11 is 1.11. The van der Waals surface area contributed by atoms with Gasteiger partial charge in [-0.15, -0.1) is 0 Å². The second-order valence-electron chi connectivity index (χ2n) is 4.12. The highest BCUT2D eigenvalue weighted by Crippen LogP contribution is 2.25. The molecule has 1 aromatic heterocycles. The number of nitrogens with zero attached hydrogens (tertiary/aromatic N) is 1. The monoisotopic (exact) mass is 306 g/mol. The number of rotatable bonds is 6. The minimum atomic E-state index is -0.416. The van der Waals surface area contributed by atoms with E-state index < -0.39 is 10.9 Å². The van der Waals surface area contributed by atoms with E-state index in [-0.39, 0.29) is 5.00 Å². The average molecular weight is 306 g/mol. The molecule has 0 aliphatic rings. The zero-order valence-corrected chi connectivity index (χ0v) is 12.2. The van der Waals surface area contributed by atoms with Crippen LogP contribution in [0.2, 0.25) is 0 Å². The largest absolute Gasteiger partial charge is 0.462 e. The summed E-state index contributed by atoms with van der Waals surface area (Å²) in [7, 11) is 0. The Bertz CT molecular complexity index is 654. The lowest BCUT2D eigenvalue weighted by atomic mass is 10.2. The minimum Gasteiger partial charge on any atom is -0.462 e. The number of nitrogens with one attached hydrogen (secondary N) is 1. The van der Waals surface area contributed by atoms with Crippen molar-refractivity contribution in [3.05, 3.63) is 57.0 Å². The van der Waals surface area contributed by atoms with E-state index in [1.165, 1.54) is 6.07 Å². The van der Waals surface area contributed by atoms with Gasteiger partial charge in [-0.2, -0.15) is 0 Å². The molecule has 1 heterocycles. The van der Waals surface area contributed by atoms with Crippen LogP contribution in [0, 0.1) is 10.1 Å². The number of hydrogen-bond donors (Lipinski definition) is 1. The Labute approximate surface area is 125 Å². The molecule has 0 fully saturated rings. The van der Waals surface area contributed by atoms with E-state index in [1.54, 1.807) is 31.2 Å². The number of ether oxygens (including phenoxy) is 1. The number of para-hydroxylation sites is 1. The normalized spacial score (nSPS) is 10.1. The molecular formula is C14H14N2O4S. The minimum absolute atomic E-state index is 0.102. The van der Waals surface area contributed by atoms with Gasteiger partial charge in [0.15, 0.2) is 0 Å². The van der Waals surface area contributed by atoms with Gasteiger partial charge in [0, 0.05) is 23.2 Å². The van der Waals surface area contributed by atoms with E-state index in [1.807, 2.05) is 6.07 Å². The van der Waals surface area contributed by atoms with Gasteiger partial charge in [-0.3, -0.25) is 10.1 Å². The molecule has 0 spiro atoms. The Morgan fingerprint density at radius 1 is 1.33 bits per heavy atom. The number of carbonyl (C=O) groups excluding carboxylic acids is 1. The van der Waals surface area contributed by atoms with Crippen molar-refractivity contribution in [3.8, 4) is 0 Å². The molecule has 0 unspecified atom stereocenters. The smallest absolute Gasteiger partial charge is 0.340 e. The highest BCUT2D eigenvalue weighted by atomic mass is 32.1. The Morgan fingerprint density at radius 3 is 2.76 bits per heavy atom. The van der Waals surface area contributed by atoms with Crippen LogP contribution in [0.15, 0.2) is 36.4 Å². The van der Waals surface area contributed by atoms with Crippen molar-refractivity contribution in [1.82, 2.24) is 0 Å². The van der Waals surface area contributed by atoms with E-state index in [0.29, 0.717) is 24.4 Å². The fraction of sp³-hybridized carbons (Fsp3) is 0.214. The number of hydrogen-bond acceptors (Lipinski definition) is 6. The molecule has 110 valence electrons. The molecule has 6 nitrogen and oxygen atoms in total. The van der Waals surface area contributed by atoms with Gasteiger partial charge in [-0.1, -0.05) is 23.5 Å². The van der Waals surface area contributed by atoms with Gasteiger partial charge in [-0.05, 0) is 25.1 Å². The van der Waals surface area contributed by atoms with Crippen LogP contribution in [-0.2, 0) is 11.3 Å². The summed E-state index contributed by atoms with van der Waals surface area (Å²) in [5.74, 6) is -0.391. The van der Waals surface area contributed by atoms with Crippen molar-refractivity contribution in [2.75, 3.05) is 11.9 Å². The maximum atomic E-state index is 11.8. The van der Waals surface area contributed by atoms with Crippen LogP contribution in [0.5, 0.6) is 0 Å². The molecule has 0 amide bonds. The molecule has 7 heteroatoms. The number of benzene rings is 1. The lowest BCUT2D eigenvalue weighted by Crippen LogP contribution is -2.09. The second kappa shape index (κ2) is 6.85. The molecule has 0 aliphatic heterocycles. The van der Waals surface area contributed by atoms with E-state index in [0.717, 1.165) is 16.2 Å². The molecule has 2 aromatic rings. The van der Waals surface area contributed by atoms with Gasteiger partial charge < -0.3 is 10.1 Å². The fourth-order valence-electron chi connectivity index (χ4n) is 1.77. The summed E-state index contributed by atoms with van der Waals surface area (Å²) in [6, 6.07) is 10.2. The summed E-state index contributed by atoms with van der Waals surface area (Å²) < 4.78 is 4.99. The molecule has 0 aliphatic carbocycles. The Balaban J connectivity index is 2.09. The summed E-state index contributed by atoms with van der Waals surface area (Å²) in [6.45, 7) is 2.47. The average Bonchev–Trinajstić information content (AvgIpc) is 2.95. The quantitative estimate of drug-likeness (QED) is 0.502. The lowest BCUT2D eigenvalue weighted by Gasteiger charge is -2.10. The second-order valence-corrected chi connectivity index (χ2v) is 5.26. The summed E-state index contributed by atoms with van der Waals surface area (Å²) in [5.41, 5.74) is 1.09. The molecule has 21 heavy (non-hydrogen) atoms. The zero-order chi connectivity index (χ0) is 15.2. The number of carbonyl (C=O) groups is 1. The Hall–Kier alpha value is -2.41. The Kier molecular flexibility index (Phi) is 4.89. The number of nitro groups is 1. The van der Waals surface area contributed by atoms with Crippen LogP contribution in [0.1, 0.15) is 22.2 Å². The highest BCUT2D eigenvalue weighted by molar-refractivity contribution is 7.15. The molecule has 0 saturated heterocycles. The van der Waals surface area contributed by atoms with Gasteiger partial charge in [0.05, 0.1) is 17.1 Å². The third-order valence-electron chi connectivity index (χ3n) is 2.70. The molecule has 1 N–H and O–H groups in total. The third kappa shape index (κ3) is 3.79. The first-order valence-electron chi connectivity index (χ1n) is 6.35. The van der Waals surface area contributed by atoms with Crippen LogP contribution in [0.25, 0.3) is 0 Å². The van der Waals surface area contributed by atoms with Crippen molar-refractivity contribution < 1.29 is 14.5 Å². The van der Waals surface area contributed by atoms with Crippen molar-refractivity contribution in [2.24, 2.45) is 0 Å².